The van der Waals surface area contributed by atoms with Gasteiger partial charge in [-0.25, -0.2) is 32.2 Å². The third kappa shape index (κ3) is 7.78. The maximum absolute atomic E-state index is 14.4. The predicted molar refractivity (Wildman–Crippen MR) is 187 cm³/mol. The van der Waals surface area contributed by atoms with Gasteiger partial charge in [-0.1, -0.05) is 12.1 Å². The van der Waals surface area contributed by atoms with Crippen LogP contribution in [-0.2, 0) is 10.0 Å². The Hall–Kier alpha value is -6.35. The van der Waals surface area contributed by atoms with Crippen molar-refractivity contribution in [2.24, 2.45) is 0 Å². The van der Waals surface area contributed by atoms with Crippen LogP contribution in [0.25, 0.3) is 22.0 Å². The van der Waals surface area contributed by atoms with Crippen molar-refractivity contribution in [3.05, 3.63) is 120 Å². The Bertz CT molecular complexity index is 2360. The standard InChI is InChI=1S/C36H30F2N6O6S/c1-21-27-15-23(24-16-31(36(48-2)40-19-24)44-51(46,47)33-12-9-25(37)18-28(33)38)17-32(34(27)42-20-41-21)50-14-13-49-26-10-7-22(8-11-26)35(45)43-30-6-4-3-5-29(30)39/h3-12,15-20,44H,13-14,39H2,1-2H3,(H,43,45). The number of hydrogen-bond acceptors (Lipinski definition) is 10. The van der Waals surface area contributed by atoms with Crippen LogP contribution in [0.5, 0.6) is 17.4 Å². The van der Waals surface area contributed by atoms with Crippen LogP contribution in [-0.4, -0.2) is 49.6 Å². The molecule has 260 valence electrons. The molecule has 0 bridgehead atoms. The van der Waals surface area contributed by atoms with Gasteiger partial charge in [0.15, 0.2) is 0 Å². The molecule has 2 aromatic heterocycles. The van der Waals surface area contributed by atoms with E-state index in [1.54, 1.807) is 60.7 Å². The maximum atomic E-state index is 14.4. The van der Waals surface area contributed by atoms with Crippen molar-refractivity contribution >= 4 is 43.9 Å². The minimum absolute atomic E-state index is 0.0756. The van der Waals surface area contributed by atoms with Gasteiger partial charge >= 0.3 is 0 Å². The molecule has 0 atom stereocenters. The molecular formula is C36H30F2N6O6S. The maximum Gasteiger partial charge on any atom is 0.264 e. The first-order chi connectivity index (χ1) is 24.5. The van der Waals surface area contributed by atoms with Crippen LogP contribution in [0.15, 0.2) is 102 Å². The summed E-state index contributed by atoms with van der Waals surface area (Å²) in [7, 11) is -3.19. The van der Waals surface area contributed by atoms with Crippen LogP contribution in [0.3, 0.4) is 0 Å². The van der Waals surface area contributed by atoms with Crippen LogP contribution in [0.4, 0.5) is 25.8 Å². The number of anilines is 3. The van der Waals surface area contributed by atoms with Gasteiger partial charge in [-0.3, -0.25) is 9.52 Å². The fourth-order valence-corrected chi connectivity index (χ4v) is 6.20. The molecule has 0 aliphatic carbocycles. The molecule has 0 radical (unpaired) electrons. The number of nitrogens with zero attached hydrogens (tertiary/aromatic N) is 3. The molecule has 12 nitrogen and oxygen atoms in total. The summed E-state index contributed by atoms with van der Waals surface area (Å²) in [6.45, 7) is 2.08. The zero-order chi connectivity index (χ0) is 36.1. The molecule has 4 aromatic carbocycles. The van der Waals surface area contributed by atoms with E-state index in [0.29, 0.717) is 62.2 Å². The summed E-state index contributed by atoms with van der Waals surface area (Å²) < 4.78 is 73.5. The zero-order valence-electron chi connectivity index (χ0n) is 27.2. The number of methoxy groups -OCH3 is 1. The molecule has 0 saturated heterocycles. The Kier molecular flexibility index (Phi) is 9.91. The number of carbonyl (C=O) groups excluding carboxylic acids is 1. The smallest absolute Gasteiger partial charge is 0.264 e. The number of pyridine rings is 1. The molecule has 51 heavy (non-hydrogen) atoms. The average Bonchev–Trinajstić information content (AvgIpc) is 3.11. The van der Waals surface area contributed by atoms with Gasteiger partial charge < -0.3 is 25.3 Å². The van der Waals surface area contributed by atoms with Crippen molar-refractivity contribution in [2.45, 2.75) is 11.8 Å². The van der Waals surface area contributed by atoms with Crippen molar-refractivity contribution in [3.63, 3.8) is 0 Å². The quantitative estimate of drug-likeness (QED) is 0.0957. The van der Waals surface area contributed by atoms with Gasteiger partial charge in [0, 0.05) is 34.5 Å². The predicted octanol–water partition coefficient (Wildman–Crippen LogP) is 6.38. The number of nitrogens with one attached hydrogen (secondary N) is 2. The molecule has 0 spiro atoms. The zero-order valence-corrected chi connectivity index (χ0v) is 28.0. The van der Waals surface area contributed by atoms with E-state index in [0.717, 1.165) is 12.1 Å². The van der Waals surface area contributed by atoms with Gasteiger partial charge in [0.2, 0.25) is 5.88 Å². The van der Waals surface area contributed by atoms with Crippen molar-refractivity contribution in [2.75, 3.05) is 36.1 Å². The number of hydrogen-bond donors (Lipinski definition) is 3. The van der Waals surface area contributed by atoms with E-state index in [1.165, 1.54) is 25.7 Å². The second-order valence-corrected chi connectivity index (χ2v) is 12.7. The Morgan fingerprint density at radius 2 is 1.63 bits per heavy atom. The highest BCUT2D eigenvalue weighted by Crippen LogP contribution is 2.36. The number of sulfonamides is 1. The van der Waals surface area contributed by atoms with Crippen LogP contribution in [0.2, 0.25) is 0 Å². The second kappa shape index (κ2) is 14.6. The monoisotopic (exact) mass is 712 g/mol. The lowest BCUT2D eigenvalue weighted by Crippen LogP contribution is -2.15. The highest BCUT2D eigenvalue weighted by atomic mass is 32.2. The molecule has 2 heterocycles. The summed E-state index contributed by atoms with van der Waals surface area (Å²) in [5.41, 5.74) is 9.47. The van der Waals surface area contributed by atoms with Gasteiger partial charge in [-0.2, -0.15) is 0 Å². The van der Waals surface area contributed by atoms with E-state index in [4.69, 9.17) is 19.9 Å². The van der Waals surface area contributed by atoms with Crippen LogP contribution in [0, 0.1) is 18.6 Å². The van der Waals surface area contributed by atoms with E-state index < -0.39 is 26.6 Å². The number of nitrogens with two attached hydrogens (primary N) is 1. The van der Waals surface area contributed by atoms with E-state index in [9.17, 15) is 22.0 Å². The number of para-hydroxylation sites is 2. The first kappa shape index (κ1) is 34.5. The second-order valence-electron chi connectivity index (χ2n) is 11.1. The summed E-state index contributed by atoms with van der Waals surface area (Å²) >= 11 is 0. The number of aromatic nitrogens is 3. The molecule has 0 fully saturated rings. The van der Waals surface area contributed by atoms with Gasteiger partial charge in [0.25, 0.3) is 15.9 Å². The molecule has 6 rings (SSSR count). The first-order valence-corrected chi connectivity index (χ1v) is 16.8. The summed E-state index contributed by atoms with van der Waals surface area (Å²) in [4.78, 5) is 24.8. The fraction of sp³-hybridized carbons (Fsp3) is 0.111. The van der Waals surface area contributed by atoms with Crippen molar-refractivity contribution in [1.82, 2.24) is 15.0 Å². The van der Waals surface area contributed by atoms with Gasteiger partial charge in [0.05, 0.1) is 18.5 Å². The molecule has 0 unspecified atom stereocenters. The van der Waals surface area contributed by atoms with Crippen LogP contribution >= 0.6 is 0 Å². The average molecular weight is 713 g/mol. The van der Waals surface area contributed by atoms with Crippen LogP contribution in [0.1, 0.15) is 16.1 Å². The van der Waals surface area contributed by atoms with Gasteiger partial charge in [-0.15, -0.1) is 0 Å². The largest absolute Gasteiger partial charge is 0.490 e. The minimum atomic E-state index is -4.50. The molecule has 0 aliphatic heterocycles. The lowest BCUT2D eigenvalue weighted by molar-refractivity contribution is 0.102. The summed E-state index contributed by atoms with van der Waals surface area (Å²) in [5.74, 6) is -1.64. The molecule has 4 N–H and O–H groups in total. The van der Waals surface area contributed by atoms with E-state index >= 15 is 0 Å². The van der Waals surface area contributed by atoms with Gasteiger partial charge in [0.1, 0.15) is 58.8 Å². The third-order valence-electron chi connectivity index (χ3n) is 7.64. The number of benzene rings is 4. The summed E-state index contributed by atoms with van der Waals surface area (Å²) in [6, 6.07) is 20.7. The van der Waals surface area contributed by atoms with Gasteiger partial charge in [-0.05, 0) is 79.2 Å². The van der Waals surface area contributed by atoms with Crippen molar-refractivity contribution < 1.29 is 36.2 Å². The number of amides is 1. The Labute approximate surface area is 291 Å². The first-order valence-electron chi connectivity index (χ1n) is 15.3. The minimum Gasteiger partial charge on any atom is -0.490 e. The number of carbonyl (C=O) groups is 1. The molecular weight excluding hydrogens is 682 g/mol. The SMILES string of the molecule is COc1ncc(-c2cc(OCCOc3ccc(C(=O)Nc4ccccc4N)cc3)c3ncnc(C)c3c2)cc1NS(=O)(=O)c1ccc(F)cc1F. The molecule has 6 aromatic rings. The number of halogens is 2. The highest BCUT2D eigenvalue weighted by molar-refractivity contribution is 7.92. The lowest BCUT2D eigenvalue weighted by Gasteiger charge is -2.15. The molecule has 15 heteroatoms. The Morgan fingerprint density at radius 1 is 0.863 bits per heavy atom. The van der Waals surface area contributed by atoms with Crippen LogP contribution < -0.4 is 30.0 Å². The number of aryl methyl sites for hydroxylation is 1. The van der Waals surface area contributed by atoms with E-state index in [1.807, 2.05) is 6.92 Å². The van der Waals surface area contributed by atoms with E-state index in [-0.39, 0.29) is 30.7 Å². The highest BCUT2D eigenvalue weighted by Gasteiger charge is 2.23. The third-order valence-corrected chi connectivity index (χ3v) is 9.04. The lowest BCUT2D eigenvalue weighted by atomic mass is 10.0. The fourth-order valence-electron chi connectivity index (χ4n) is 5.09. The molecule has 0 aliphatic rings. The number of rotatable bonds is 12. The Balaban J connectivity index is 1.19. The molecule has 0 saturated carbocycles. The number of ether oxygens (including phenoxy) is 3. The summed E-state index contributed by atoms with van der Waals surface area (Å²) in [5, 5.41) is 3.45. The number of nitrogen functional groups attached to an aromatic ring is 1. The number of fused-ring (bicyclic) bond motifs is 1. The molecule has 1 amide bonds. The van der Waals surface area contributed by atoms with Crippen molar-refractivity contribution in [1.29, 1.82) is 0 Å². The topological polar surface area (TPSA) is 168 Å². The Morgan fingerprint density at radius 3 is 2.37 bits per heavy atom. The summed E-state index contributed by atoms with van der Waals surface area (Å²) in [6.07, 6.45) is 2.89. The van der Waals surface area contributed by atoms with E-state index in [2.05, 4.69) is 25.0 Å². The normalized spacial score (nSPS) is 11.2. The van der Waals surface area contributed by atoms with Crippen molar-refractivity contribution in [3.8, 4) is 28.5 Å².